The number of carbonyl (C=O) groups excluding carboxylic acids is 1. The standard InChI is InChI=1S/C13H18O4/c1-4-17-10-5-6-11(9(2)7-10)12(14)8-13(15)16-3/h5-7,12,14H,4,8H2,1-3H3/t12-/m1/s1. The van der Waals surface area contributed by atoms with Gasteiger partial charge >= 0.3 is 5.97 Å². The molecule has 0 aromatic heterocycles. The van der Waals surface area contributed by atoms with Crippen LogP contribution in [-0.4, -0.2) is 24.8 Å². The summed E-state index contributed by atoms with van der Waals surface area (Å²) in [7, 11) is 1.31. The zero-order valence-electron chi connectivity index (χ0n) is 10.4. The second kappa shape index (κ2) is 6.25. The van der Waals surface area contributed by atoms with Crippen LogP contribution >= 0.6 is 0 Å². The number of ether oxygens (including phenoxy) is 2. The first-order chi connectivity index (χ1) is 8.08. The number of methoxy groups -OCH3 is 1. The molecule has 0 radical (unpaired) electrons. The molecule has 0 unspecified atom stereocenters. The quantitative estimate of drug-likeness (QED) is 0.797. The first-order valence-corrected chi connectivity index (χ1v) is 5.56. The van der Waals surface area contributed by atoms with E-state index in [4.69, 9.17) is 4.74 Å². The average molecular weight is 238 g/mol. The minimum absolute atomic E-state index is 0.0364. The van der Waals surface area contributed by atoms with Crippen molar-refractivity contribution >= 4 is 5.97 Å². The highest BCUT2D eigenvalue weighted by Gasteiger charge is 2.15. The molecule has 0 aliphatic rings. The fraction of sp³-hybridized carbons (Fsp3) is 0.462. The Kier molecular flexibility index (Phi) is 4.97. The third-order valence-electron chi connectivity index (χ3n) is 2.50. The predicted molar refractivity (Wildman–Crippen MR) is 63.9 cm³/mol. The fourth-order valence-corrected chi connectivity index (χ4v) is 1.63. The van der Waals surface area contributed by atoms with E-state index in [2.05, 4.69) is 4.74 Å². The van der Waals surface area contributed by atoms with Crippen LogP contribution in [0.1, 0.15) is 30.6 Å². The summed E-state index contributed by atoms with van der Waals surface area (Å²) in [4.78, 5) is 11.1. The molecular formula is C13H18O4. The minimum atomic E-state index is -0.835. The highest BCUT2D eigenvalue weighted by atomic mass is 16.5. The van der Waals surface area contributed by atoms with Crippen molar-refractivity contribution in [1.29, 1.82) is 0 Å². The maximum absolute atomic E-state index is 11.1. The Balaban J connectivity index is 2.80. The molecule has 0 saturated heterocycles. The number of aliphatic hydroxyl groups excluding tert-OH is 1. The number of carbonyl (C=O) groups is 1. The van der Waals surface area contributed by atoms with Gasteiger partial charge in [-0.15, -0.1) is 0 Å². The highest BCUT2D eigenvalue weighted by molar-refractivity contribution is 5.70. The third kappa shape index (κ3) is 3.75. The Hall–Kier alpha value is -1.55. The van der Waals surface area contributed by atoms with Crippen LogP contribution in [0.4, 0.5) is 0 Å². The summed E-state index contributed by atoms with van der Waals surface area (Å²) < 4.78 is 9.87. The van der Waals surface area contributed by atoms with Gasteiger partial charge in [-0.2, -0.15) is 0 Å². The van der Waals surface area contributed by atoms with Gasteiger partial charge in [0.2, 0.25) is 0 Å². The van der Waals surface area contributed by atoms with Crippen LogP contribution in [0.3, 0.4) is 0 Å². The first kappa shape index (κ1) is 13.5. The summed E-state index contributed by atoms with van der Waals surface area (Å²) in [6, 6.07) is 5.40. The number of benzene rings is 1. The normalized spacial score (nSPS) is 12.0. The summed E-state index contributed by atoms with van der Waals surface area (Å²) in [5.74, 6) is 0.338. The number of aliphatic hydroxyl groups is 1. The van der Waals surface area contributed by atoms with Gasteiger partial charge in [0.25, 0.3) is 0 Å². The van der Waals surface area contributed by atoms with E-state index in [1.807, 2.05) is 19.9 Å². The van der Waals surface area contributed by atoms with Gasteiger partial charge in [0.1, 0.15) is 5.75 Å². The van der Waals surface area contributed by atoms with Crippen LogP contribution in [-0.2, 0) is 9.53 Å². The van der Waals surface area contributed by atoms with Gasteiger partial charge in [0.15, 0.2) is 0 Å². The van der Waals surface area contributed by atoms with Crippen molar-refractivity contribution < 1.29 is 19.4 Å². The van der Waals surface area contributed by atoms with Crippen molar-refractivity contribution in [2.45, 2.75) is 26.4 Å². The van der Waals surface area contributed by atoms with E-state index < -0.39 is 12.1 Å². The molecule has 0 heterocycles. The lowest BCUT2D eigenvalue weighted by atomic mass is 10.0. The lowest BCUT2D eigenvalue weighted by molar-refractivity contribution is -0.142. The number of rotatable bonds is 5. The van der Waals surface area contributed by atoms with Crippen LogP contribution in [0.2, 0.25) is 0 Å². The Labute approximate surface area is 101 Å². The third-order valence-corrected chi connectivity index (χ3v) is 2.50. The van der Waals surface area contributed by atoms with E-state index in [0.717, 1.165) is 16.9 Å². The zero-order valence-corrected chi connectivity index (χ0v) is 10.4. The number of hydrogen-bond donors (Lipinski definition) is 1. The molecule has 4 nitrogen and oxygen atoms in total. The Morgan fingerprint density at radius 3 is 2.71 bits per heavy atom. The highest BCUT2D eigenvalue weighted by Crippen LogP contribution is 2.24. The molecule has 0 aliphatic heterocycles. The molecule has 1 rings (SSSR count). The molecule has 1 atom stereocenters. The van der Waals surface area contributed by atoms with E-state index in [1.165, 1.54) is 7.11 Å². The summed E-state index contributed by atoms with van der Waals surface area (Å²) in [6.07, 6.45) is -0.871. The van der Waals surface area contributed by atoms with Gasteiger partial charge in [0, 0.05) is 0 Å². The molecule has 1 N–H and O–H groups in total. The zero-order chi connectivity index (χ0) is 12.8. The molecular weight excluding hydrogens is 220 g/mol. The molecule has 0 spiro atoms. The van der Waals surface area contributed by atoms with E-state index in [9.17, 15) is 9.90 Å². The largest absolute Gasteiger partial charge is 0.494 e. The van der Waals surface area contributed by atoms with Crippen molar-refractivity contribution in [2.24, 2.45) is 0 Å². The Morgan fingerprint density at radius 2 is 2.18 bits per heavy atom. The van der Waals surface area contributed by atoms with Crippen molar-refractivity contribution in [2.75, 3.05) is 13.7 Å². The van der Waals surface area contributed by atoms with E-state index >= 15 is 0 Å². The molecule has 0 bridgehead atoms. The van der Waals surface area contributed by atoms with Crippen LogP contribution in [0, 0.1) is 6.92 Å². The maximum atomic E-state index is 11.1. The number of esters is 1. The molecule has 1 aromatic rings. The number of aryl methyl sites for hydroxylation is 1. The van der Waals surface area contributed by atoms with Crippen molar-refractivity contribution in [3.8, 4) is 5.75 Å². The summed E-state index contributed by atoms with van der Waals surface area (Å²) >= 11 is 0. The molecule has 0 amide bonds. The topological polar surface area (TPSA) is 55.8 Å². The van der Waals surface area contributed by atoms with Crippen molar-refractivity contribution in [3.63, 3.8) is 0 Å². The predicted octanol–water partition coefficient (Wildman–Crippen LogP) is 1.99. The Bertz CT molecular complexity index is 387. The van der Waals surface area contributed by atoms with Crippen molar-refractivity contribution in [3.05, 3.63) is 29.3 Å². The summed E-state index contributed by atoms with van der Waals surface area (Å²) in [5, 5.41) is 9.88. The van der Waals surface area contributed by atoms with E-state index in [1.54, 1.807) is 12.1 Å². The second-order valence-corrected chi connectivity index (χ2v) is 3.75. The lowest BCUT2D eigenvalue weighted by Gasteiger charge is -2.14. The van der Waals surface area contributed by atoms with Gasteiger partial charge < -0.3 is 14.6 Å². The van der Waals surface area contributed by atoms with Gasteiger partial charge in [-0.05, 0) is 37.1 Å². The molecule has 94 valence electrons. The van der Waals surface area contributed by atoms with Gasteiger partial charge in [-0.3, -0.25) is 4.79 Å². The summed E-state index contributed by atoms with van der Waals surface area (Å²) in [5.41, 5.74) is 1.62. The molecule has 17 heavy (non-hydrogen) atoms. The van der Waals surface area contributed by atoms with Crippen LogP contribution < -0.4 is 4.74 Å². The average Bonchev–Trinajstić information content (AvgIpc) is 2.29. The fourth-order valence-electron chi connectivity index (χ4n) is 1.63. The van der Waals surface area contributed by atoms with Crippen LogP contribution in [0.25, 0.3) is 0 Å². The lowest BCUT2D eigenvalue weighted by Crippen LogP contribution is -2.09. The molecule has 4 heteroatoms. The molecule has 0 fully saturated rings. The van der Waals surface area contributed by atoms with Crippen LogP contribution in [0.5, 0.6) is 5.75 Å². The molecule has 0 aliphatic carbocycles. The first-order valence-electron chi connectivity index (χ1n) is 5.56. The Morgan fingerprint density at radius 1 is 1.47 bits per heavy atom. The van der Waals surface area contributed by atoms with Gasteiger partial charge in [-0.1, -0.05) is 6.07 Å². The molecule has 0 saturated carbocycles. The summed E-state index contributed by atoms with van der Waals surface area (Å²) in [6.45, 7) is 4.39. The van der Waals surface area contributed by atoms with Gasteiger partial charge in [-0.25, -0.2) is 0 Å². The van der Waals surface area contributed by atoms with Gasteiger partial charge in [0.05, 0.1) is 26.2 Å². The van der Waals surface area contributed by atoms with Crippen molar-refractivity contribution in [1.82, 2.24) is 0 Å². The minimum Gasteiger partial charge on any atom is -0.494 e. The number of hydrogen-bond acceptors (Lipinski definition) is 4. The van der Waals surface area contributed by atoms with E-state index in [0.29, 0.717) is 6.61 Å². The second-order valence-electron chi connectivity index (χ2n) is 3.75. The van der Waals surface area contributed by atoms with Crippen LogP contribution in [0.15, 0.2) is 18.2 Å². The monoisotopic (exact) mass is 238 g/mol. The maximum Gasteiger partial charge on any atom is 0.308 e. The smallest absolute Gasteiger partial charge is 0.308 e. The molecule has 1 aromatic carbocycles. The van der Waals surface area contributed by atoms with E-state index in [-0.39, 0.29) is 6.42 Å². The SMILES string of the molecule is CCOc1ccc([C@H](O)CC(=O)OC)c(C)c1.